The van der Waals surface area contributed by atoms with Crippen molar-refractivity contribution >= 4 is 28.0 Å². The number of hydrogen-bond acceptors (Lipinski definition) is 7. The van der Waals surface area contributed by atoms with E-state index in [1.54, 1.807) is 0 Å². The van der Waals surface area contributed by atoms with Crippen LogP contribution in [0.4, 0.5) is 17.2 Å². The van der Waals surface area contributed by atoms with Gasteiger partial charge in [0.15, 0.2) is 17.3 Å². The molecule has 0 fully saturated rings. The maximum Gasteiger partial charge on any atom is 0.248 e. The fourth-order valence-electron chi connectivity index (χ4n) is 3.06. The Hall–Kier alpha value is -4.00. The topological polar surface area (TPSA) is 91.5 Å². The molecule has 1 aliphatic rings. The van der Waals surface area contributed by atoms with Crippen LogP contribution in [0, 0.1) is 0 Å². The van der Waals surface area contributed by atoms with Gasteiger partial charge in [-0.05, 0) is 23.6 Å². The summed E-state index contributed by atoms with van der Waals surface area (Å²) in [6, 6.07) is 19.3. The first-order chi connectivity index (χ1) is 13.8. The van der Waals surface area contributed by atoms with Crippen molar-refractivity contribution in [3.05, 3.63) is 67.0 Å². The molecule has 138 valence electrons. The molecule has 7 heteroatoms. The highest BCUT2D eigenvalue weighted by Gasteiger charge is 2.16. The monoisotopic (exact) mass is 372 g/mol. The molecule has 0 radical (unpaired) electrons. The van der Waals surface area contributed by atoms with Crippen molar-refractivity contribution < 1.29 is 14.2 Å². The number of fused-ring (bicyclic) bond motifs is 2. The summed E-state index contributed by atoms with van der Waals surface area (Å²) in [5, 5.41) is 5.23. The van der Waals surface area contributed by atoms with Gasteiger partial charge < -0.3 is 25.3 Å². The minimum absolute atomic E-state index is 0.220. The Morgan fingerprint density at radius 2 is 1.79 bits per heavy atom. The minimum Gasteiger partial charge on any atom is -0.454 e. The van der Waals surface area contributed by atoms with E-state index in [-0.39, 0.29) is 12.7 Å². The van der Waals surface area contributed by atoms with Crippen molar-refractivity contribution in [2.24, 2.45) is 0 Å². The summed E-state index contributed by atoms with van der Waals surface area (Å²) in [4.78, 5) is 8.43. The van der Waals surface area contributed by atoms with Gasteiger partial charge in [-0.15, -0.1) is 0 Å². The lowest BCUT2D eigenvalue weighted by Gasteiger charge is -2.13. The van der Waals surface area contributed by atoms with Crippen molar-refractivity contribution in [1.29, 1.82) is 0 Å². The summed E-state index contributed by atoms with van der Waals surface area (Å²) in [7, 11) is 0. The van der Waals surface area contributed by atoms with Gasteiger partial charge in [0.2, 0.25) is 12.7 Å². The lowest BCUT2D eigenvalue weighted by Crippen LogP contribution is -2.03. The molecule has 0 atom stereocenters. The van der Waals surface area contributed by atoms with E-state index in [0.717, 1.165) is 16.5 Å². The highest BCUT2D eigenvalue weighted by molar-refractivity contribution is 5.88. The molecule has 3 N–H and O–H groups in total. The second-order valence-electron chi connectivity index (χ2n) is 6.21. The number of ether oxygens (including phenoxy) is 3. The molecule has 0 bridgehead atoms. The fraction of sp³-hybridized carbons (Fsp3) is 0.0476. The first-order valence-corrected chi connectivity index (χ1v) is 8.71. The summed E-state index contributed by atoms with van der Waals surface area (Å²) in [6.07, 6.45) is 1.41. The van der Waals surface area contributed by atoms with E-state index in [4.69, 9.17) is 19.9 Å². The van der Waals surface area contributed by atoms with Gasteiger partial charge in [-0.2, -0.15) is 4.98 Å². The van der Waals surface area contributed by atoms with Crippen LogP contribution in [0.25, 0.3) is 10.8 Å². The molecule has 28 heavy (non-hydrogen) atoms. The van der Waals surface area contributed by atoms with Gasteiger partial charge in [0.1, 0.15) is 17.8 Å². The van der Waals surface area contributed by atoms with Crippen LogP contribution in [0.1, 0.15) is 0 Å². The number of nitrogens with one attached hydrogen (secondary N) is 1. The molecule has 0 saturated heterocycles. The highest BCUT2D eigenvalue weighted by atomic mass is 16.7. The van der Waals surface area contributed by atoms with Crippen LogP contribution in [0.15, 0.2) is 67.0 Å². The molecule has 7 nitrogen and oxygen atoms in total. The smallest absolute Gasteiger partial charge is 0.248 e. The zero-order valence-electron chi connectivity index (χ0n) is 14.8. The van der Waals surface area contributed by atoms with Crippen molar-refractivity contribution in [2.75, 3.05) is 17.8 Å². The number of anilines is 3. The summed E-state index contributed by atoms with van der Waals surface area (Å²) in [6.45, 7) is 0.220. The molecule has 1 aromatic heterocycles. The molecule has 3 aromatic carbocycles. The van der Waals surface area contributed by atoms with Crippen molar-refractivity contribution in [3.8, 4) is 23.1 Å². The zero-order chi connectivity index (χ0) is 18.9. The van der Waals surface area contributed by atoms with Crippen molar-refractivity contribution in [3.63, 3.8) is 0 Å². The Morgan fingerprint density at radius 3 is 2.75 bits per heavy atom. The number of aromatic nitrogens is 2. The van der Waals surface area contributed by atoms with Gasteiger partial charge >= 0.3 is 0 Å². The first-order valence-electron chi connectivity index (χ1n) is 8.71. The number of nitrogens with zero attached hydrogens (tertiary/aromatic N) is 2. The van der Waals surface area contributed by atoms with Gasteiger partial charge in [0, 0.05) is 17.1 Å². The lowest BCUT2D eigenvalue weighted by molar-refractivity contribution is 0.174. The molecular weight excluding hydrogens is 356 g/mol. The van der Waals surface area contributed by atoms with Gasteiger partial charge in [0.25, 0.3) is 0 Å². The molecule has 0 amide bonds. The Balaban J connectivity index is 1.45. The minimum atomic E-state index is 0.220. The molecule has 4 aromatic rings. The first kappa shape index (κ1) is 16.2. The Morgan fingerprint density at radius 1 is 0.929 bits per heavy atom. The van der Waals surface area contributed by atoms with Crippen LogP contribution in [0.5, 0.6) is 23.1 Å². The molecule has 2 heterocycles. The van der Waals surface area contributed by atoms with E-state index in [9.17, 15) is 0 Å². The number of hydrogen-bond donors (Lipinski definition) is 2. The lowest BCUT2D eigenvalue weighted by atomic mass is 10.1. The molecule has 0 saturated carbocycles. The summed E-state index contributed by atoms with van der Waals surface area (Å²) < 4.78 is 16.7. The van der Waals surface area contributed by atoms with E-state index >= 15 is 0 Å². The molecule has 0 unspecified atom stereocenters. The maximum atomic E-state index is 6.27. The van der Waals surface area contributed by atoms with Crippen molar-refractivity contribution in [1.82, 2.24) is 9.97 Å². The third kappa shape index (κ3) is 2.88. The van der Waals surface area contributed by atoms with E-state index in [1.165, 1.54) is 6.33 Å². The maximum absolute atomic E-state index is 6.27. The van der Waals surface area contributed by atoms with E-state index in [2.05, 4.69) is 15.3 Å². The van der Waals surface area contributed by atoms with Gasteiger partial charge in [-0.1, -0.05) is 36.4 Å². The van der Waals surface area contributed by atoms with E-state index in [0.29, 0.717) is 28.8 Å². The quantitative estimate of drug-likeness (QED) is 0.546. The molecule has 1 aliphatic heterocycles. The molecule has 0 spiro atoms. The van der Waals surface area contributed by atoms with Crippen LogP contribution in [0.2, 0.25) is 0 Å². The SMILES string of the molecule is Nc1c(Nc2ccc3c(c2)OCO3)ncnc1Oc1cccc2ccccc12. The zero-order valence-corrected chi connectivity index (χ0v) is 14.8. The summed E-state index contributed by atoms with van der Waals surface area (Å²) >= 11 is 0. The van der Waals surface area contributed by atoms with Gasteiger partial charge in [-0.25, -0.2) is 4.98 Å². The second-order valence-corrected chi connectivity index (χ2v) is 6.21. The Kier molecular flexibility index (Phi) is 3.83. The average molecular weight is 372 g/mol. The normalized spacial score (nSPS) is 12.1. The number of rotatable bonds is 4. The van der Waals surface area contributed by atoms with Crippen LogP contribution < -0.4 is 25.3 Å². The van der Waals surface area contributed by atoms with Gasteiger partial charge in [-0.3, -0.25) is 0 Å². The fourth-order valence-corrected chi connectivity index (χ4v) is 3.06. The molecule has 5 rings (SSSR count). The van der Waals surface area contributed by atoms with Crippen LogP contribution in [-0.4, -0.2) is 16.8 Å². The largest absolute Gasteiger partial charge is 0.454 e. The number of nitrogen functional groups attached to an aromatic ring is 1. The summed E-state index contributed by atoms with van der Waals surface area (Å²) in [5.41, 5.74) is 7.35. The van der Waals surface area contributed by atoms with E-state index in [1.807, 2.05) is 60.7 Å². The third-order valence-electron chi connectivity index (χ3n) is 4.44. The standard InChI is InChI=1S/C21H16N4O3/c22-19-20(25-14-8-9-17-18(10-14)27-12-26-17)23-11-24-21(19)28-16-7-3-5-13-4-1-2-6-15(13)16/h1-11H,12,22H2,(H,23,24,25). The highest BCUT2D eigenvalue weighted by Crippen LogP contribution is 2.37. The molecule has 0 aliphatic carbocycles. The Labute approximate surface area is 160 Å². The van der Waals surface area contributed by atoms with Crippen molar-refractivity contribution in [2.45, 2.75) is 0 Å². The number of benzene rings is 3. The average Bonchev–Trinajstić information content (AvgIpc) is 3.19. The third-order valence-corrected chi connectivity index (χ3v) is 4.44. The number of nitrogens with two attached hydrogens (primary N) is 1. The second kappa shape index (κ2) is 6.62. The Bertz CT molecular complexity index is 1170. The summed E-state index contributed by atoms with van der Waals surface area (Å²) in [5.74, 6) is 2.79. The molecular formula is C21H16N4O3. The predicted molar refractivity (Wildman–Crippen MR) is 106 cm³/mol. The van der Waals surface area contributed by atoms with Crippen LogP contribution >= 0.6 is 0 Å². The van der Waals surface area contributed by atoms with Crippen LogP contribution in [-0.2, 0) is 0 Å². The van der Waals surface area contributed by atoms with Crippen LogP contribution in [0.3, 0.4) is 0 Å². The van der Waals surface area contributed by atoms with E-state index < -0.39 is 0 Å². The van der Waals surface area contributed by atoms with Gasteiger partial charge in [0.05, 0.1) is 0 Å². The predicted octanol–water partition coefficient (Wildman–Crippen LogP) is 4.48.